The van der Waals surface area contributed by atoms with E-state index in [9.17, 15) is 13.2 Å². The van der Waals surface area contributed by atoms with Gasteiger partial charge in [0.2, 0.25) is 5.91 Å². The summed E-state index contributed by atoms with van der Waals surface area (Å²) in [5.41, 5.74) is 2.54. The molecule has 33 heavy (non-hydrogen) atoms. The van der Waals surface area contributed by atoms with Crippen molar-refractivity contribution >= 4 is 32.4 Å². The third-order valence-corrected chi connectivity index (χ3v) is 8.00. The quantitative estimate of drug-likeness (QED) is 0.412. The van der Waals surface area contributed by atoms with Gasteiger partial charge in [-0.25, -0.2) is 8.42 Å². The number of rotatable bonds is 6. The molecule has 5 rings (SSSR count). The van der Waals surface area contributed by atoms with Crippen molar-refractivity contribution in [3.05, 3.63) is 108 Å². The molecule has 0 saturated carbocycles. The van der Waals surface area contributed by atoms with E-state index in [1.54, 1.807) is 30.0 Å². The van der Waals surface area contributed by atoms with Gasteiger partial charge < -0.3 is 4.90 Å². The van der Waals surface area contributed by atoms with Crippen LogP contribution in [0.25, 0.3) is 10.8 Å². The molecule has 4 aromatic carbocycles. The van der Waals surface area contributed by atoms with Crippen LogP contribution < -0.4 is 4.31 Å². The van der Waals surface area contributed by atoms with Gasteiger partial charge in [0.25, 0.3) is 10.0 Å². The summed E-state index contributed by atoms with van der Waals surface area (Å²) in [5, 5.41) is 1.53. The highest BCUT2D eigenvalue weighted by molar-refractivity contribution is 7.93. The molecule has 6 heteroatoms. The Morgan fingerprint density at radius 1 is 0.788 bits per heavy atom. The minimum atomic E-state index is -3.84. The lowest BCUT2D eigenvalue weighted by atomic mass is 10.1. The van der Waals surface area contributed by atoms with Crippen molar-refractivity contribution in [2.24, 2.45) is 0 Å². The van der Waals surface area contributed by atoms with Gasteiger partial charge in [-0.15, -0.1) is 0 Å². The van der Waals surface area contributed by atoms with Crippen molar-refractivity contribution in [1.29, 1.82) is 0 Å². The van der Waals surface area contributed by atoms with E-state index >= 15 is 0 Å². The fraction of sp³-hybridized carbons (Fsp3) is 0.148. The fourth-order valence-corrected chi connectivity index (χ4v) is 6.38. The molecule has 0 radical (unpaired) electrons. The van der Waals surface area contributed by atoms with Crippen LogP contribution >= 0.6 is 0 Å². The Morgan fingerprint density at radius 2 is 1.33 bits per heavy atom. The van der Waals surface area contributed by atoms with Crippen LogP contribution in [0.2, 0.25) is 0 Å². The SMILES string of the molecule is C[C@H](C(=O)N(Cc1ccccc1)Cc1ccccc1)N1c2cccc3cccc(c23)S1(=O)=O. The van der Waals surface area contributed by atoms with Crippen LogP contribution in [0.3, 0.4) is 0 Å². The third-order valence-electron chi connectivity index (χ3n) is 6.07. The molecule has 1 amide bonds. The first-order valence-corrected chi connectivity index (χ1v) is 12.3. The number of sulfonamides is 1. The summed E-state index contributed by atoms with van der Waals surface area (Å²) in [6.07, 6.45) is 0. The van der Waals surface area contributed by atoms with Crippen molar-refractivity contribution in [3.8, 4) is 0 Å². The molecule has 1 atom stereocenters. The van der Waals surface area contributed by atoms with E-state index in [0.717, 1.165) is 16.5 Å². The van der Waals surface area contributed by atoms with Gasteiger partial charge in [0.1, 0.15) is 6.04 Å². The van der Waals surface area contributed by atoms with Gasteiger partial charge in [-0.2, -0.15) is 0 Å². The summed E-state index contributed by atoms with van der Waals surface area (Å²) in [5.74, 6) is -0.240. The minimum absolute atomic E-state index is 0.240. The van der Waals surface area contributed by atoms with Gasteiger partial charge >= 0.3 is 0 Å². The molecule has 4 aromatic rings. The largest absolute Gasteiger partial charge is 0.332 e. The van der Waals surface area contributed by atoms with Crippen molar-refractivity contribution in [2.75, 3.05) is 4.31 Å². The maximum absolute atomic E-state index is 13.8. The molecule has 0 bridgehead atoms. The molecule has 5 nitrogen and oxygen atoms in total. The highest BCUT2D eigenvalue weighted by Gasteiger charge is 2.41. The zero-order valence-corrected chi connectivity index (χ0v) is 19.1. The van der Waals surface area contributed by atoms with E-state index in [1.807, 2.05) is 78.9 Å². The normalized spacial score (nSPS) is 14.9. The molecule has 0 fully saturated rings. The number of benzene rings is 4. The second-order valence-electron chi connectivity index (χ2n) is 8.27. The Morgan fingerprint density at radius 3 is 1.91 bits per heavy atom. The van der Waals surface area contributed by atoms with Gasteiger partial charge in [0.15, 0.2) is 0 Å². The van der Waals surface area contributed by atoms with Crippen molar-refractivity contribution in [2.45, 2.75) is 31.0 Å². The predicted molar refractivity (Wildman–Crippen MR) is 130 cm³/mol. The lowest BCUT2D eigenvalue weighted by molar-refractivity contribution is -0.133. The average Bonchev–Trinajstić information content (AvgIpc) is 3.07. The monoisotopic (exact) mass is 456 g/mol. The second-order valence-corrected chi connectivity index (χ2v) is 10.1. The molecule has 0 unspecified atom stereocenters. The maximum Gasteiger partial charge on any atom is 0.265 e. The Kier molecular flexibility index (Phi) is 5.38. The Balaban J connectivity index is 1.52. The molecule has 0 saturated heterocycles. The molecular formula is C27H24N2O3S. The number of nitrogens with zero attached hydrogens (tertiary/aromatic N) is 2. The predicted octanol–water partition coefficient (Wildman–Crippen LogP) is 4.97. The average molecular weight is 457 g/mol. The van der Waals surface area contributed by atoms with Crippen LogP contribution in [-0.4, -0.2) is 25.3 Å². The molecule has 166 valence electrons. The summed E-state index contributed by atoms with van der Waals surface area (Å²) < 4.78 is 28.3. The summed E-state index contributed by atoms with van der Waals surface area (Å²) in [4.78, 5) is 15.8. The highest BCUT2D eigenvalue weighted by Crippen LogP contribution is 2.43. The number of carbonyl (C=O) groups is 1. The fourth-order valence-electron chi connectivity index (χ4n) is 4.52. The number of anilines is 1. The van der Waals surface area contributed by atoms with E-state index in [0.29, 0.717) is 24.2 Å². The van der Waals surface area contributed by atoms with Crippen molar-refractivity contribution in [1.82, 2.24) is 4.90 Å². The van der Waals surface area contributed by atoms with E-state index in [2.05, 4.69) is 0 Å². The number of hydrogen-bond acceptors (Lipinski definition) is 3. The summed E-state index contributed by atoms with van der Waals surface area (Å²) in [6.45, 7) is 2.46. The third kappa shape index (κ3) is 3.76. The van der Waals surface area contributed by atoms with Gasteiger partial charge in [0.05, 0.1) is 10.6 Å². The molecule has 0 aliphatic carbocycles. The Bertz CT molecular complexity index is 1370. The second kappa shape index (κ2) is 8.37. The van der Waals surface area contributed by atoms with Gasteiger partial charge in [0, 0.05) is 18.5 Å². The maximum atomic E-state index is 13.8. The number of hydrogen-bond donors (Lipinski definition) is 0. The molecule has 1 aliphatic rings. The molecule has 1 aliphatic heterocycles. The summed E-state index contributed by atoms with van der Waals surface area (Å²) >= 11 is 0. The smallest absolute Gasteiger partial charge is 0.265 e. The van der Waals surface area contributed by atoms with E-state index in [1.165, 1.54) is 4.31 Å². The first-order valence-electron chi connectivity index (χ1n) is 10.9. The van der Waals surface area contributed by atoms with Crippen LogP contribution in [0.1, 0.15) is 18.1 Å². The summed E-state index contributed by atoms with van der Waals surface area (Å²) in [7, 11) is -3.84. The van der Waals surface area contributed by atoms with E-state index in [4.69, 9.17) is 0 Å². The standard InChI is InChI=1S/C27H24N2O3S/c1-20(29-24-16-8-14-23-15-9-17-25(26(23)24)33(29,31)32)27(30)28(18-21-10-4-2-5-11-21)19-22-12-6-3-7-13-22/h2-17,20H,18-19H2,1H3/t20-/m1/s1. The first kappa shape index (κ1) is 21.2. The molecule has 0 N–H and O–H groups in total. The van der Waals surface area contributed by atoms with Gasteiger partial charge in [-0.1, -0.05) is 84.9 Å². The van der Waals surface area contributed by atoms with Crippen LogP contribution in [0.5, 0.6) is 0 Å². The van der Waals surface area contributed by atoms with Gasteiger partial charge in [-0.3, -0.25) is 9.10 Å². The van der Waals surface area contributed by atoms with E-state index in [-0.39, 0.29) is 10.8 Å². The summed E-state index contributed by atoms with van der Waals surface area (Å²) in [6, 6.07) is 29.4. The van der Waals surface area contributed by atoms with Crippen LogP contribution in [0, 0.1) is 0 Å². The molecule has 0 spiro atoms. The first-order chi connectivity index (χ1) is 16.0. The molecular weight excluding hydrogens is 432 g/mol. The van der Waals surface area contributed by atoms with Crippen molar-refractivity contribution in [3.63, 3.8) is 0 Å². The van der Waals surface area contributed by atoms with Crippen molar-refractivity contribution < 1.29 is 13.2 Å². The minimum Gasteiger partial charge on any atom is -0.332 e. The number of carbonyl (C=O) groups excluding carboxylic acids is 1. The lowest BCUT2D eigenvalue weighted by Crippen LogP contribution is -2.48. The molecule has 0 aromatic heterocycles. The van der Waals surface area contributed by atoms with Gasteiger partial charge in [-0.05, 0) is 35.6 Å². The van der Waals surface area contributed by atoms with Crippen LogP contribution in [-0.2, 0) is 27.9 Å². The Labute approximate surface area is 193 Å². The van der Waals surface area contributed by atoms with Crippen LogP contribution in [0.4, 0.5) is 5.69 Å². The Hall–Kier alpha value is -3.64. The lowest BCUT2D eigenvalue weighted by Gasteiger charge is -2.31. The zero-order valence-electron chi connectivity index (χ0n) is 18.3. The zero-order chi connectivity index (χ0) is 23.0. The molecule has 1 heterocycles. The number of amides is 1. The van der Waals surface area contributed by atoms with Crippen LogP contribution in [0.15, 0.2) is 102 Å². The van der Waals surface area contributed by atoms with E-state index < -0.39 is 16.1 Å². The topological polar surface area (TPSA) is 57.7 Å². The highest BCUT2D eigenvalue weighted by atomic mass is 32.2.